The van der Waals surface area contributed by atoms with Gasteiger partial charge < -0.3 is 20.3 Å². The Bertz CT molecular complexity index is 1290. The maximum absolute atomic E-state index is 13.2. The average molecular weight is 472 g/mol. The molecule has 3 aromatic rings. The van der Waals surface area contributed by atoms with Gasteiger partial charge in [0.25, 0.3) is 5.56 Å². The second-order valence-electron chi connectivity index (χ2n) is 7.95. The molecule has 1 aliphatic heterocycles. The molecule has 2 atom stereocenters. The van der Waals surface area contributed by atoms with Crippen LogP contribution in [-0.4, -0.2) is 51.7 Å². The molecule has 1 aliphatic rings. The lowest BCUT2D eigenvalue weighted by atomic mass is 10.1. The monoisotopic (exact) mass is 471 g/mol. The van der Waals surface area contributed by atoms with Crippen LogP contribution in [0.5, 0.6) is 0 Å². The van der Waals surface area contributed by atoms with Crippen molar-refractivity contribution in [2.24, 2.45) is 0 Å². The molecule has 0 bridgehead atoms. The van der Waals surface area contributed by atoms with Crippen molar-refractivity contribution in [3.8, 4) is 18.0 Å². The average Bonchev–Trinajstić information content (AvgIpc) is 3.30. The summed E-state index contributed by atoms with van der Waals surface area (Å²) in [6, 6.07) is 12.6. The molecule has 1 aromatic heterocycles. The quantitative estimate of drug-likeness (QED) is 0.538. The molecule has 9 nitrogen and oxygen atoms in total. The SMILES string of the molecule is C#Cc1ccc(NC(=O)N2CC(OCC)CC2C(=O)Nc2ccc(-n3ccncc3=O)cc2)cc1. The number of benzene rings is 2. The fourth-order valence-corrected chi connectivity index (χ4v) is 3.96. The van der Waals surface area contributed by atoms with E-state index >= 15 is 0 Å². The van der Waals surface area contributed by atoms with Gasteiger partial charge in [0.15, 0.2) is 0 Å². The Morgan fingerprint density at radius 1 is 1.11 bits per heavy atom. The normalized spacial score (nSPS) is 17.0. The number of anilines is 2. The second-order valence-corrected chi connectivity index (χ2v) is 7.95. The molecule has 2 N–H and O–H groups in total. The van der Waals surface area contributed by atoms with E-state index in [-0.39, 0.29) is 17.6 Å². The van der Waals surface area contributed by atoms with Gasteiger partial charge in [-0.05, 0) is 55.5 Å². The smallest absolute Gasteiger partial charge is 0.322 e. The summed E-state index contributed by atoms with van der Waals surface area (Å²) >= 11 is 0. The Kier molecular flexibility index (Phi) is 7.24. The number of nitrogens with one attached hydrogen (secondary N) is 2. The van der Waals surface area contributed by atoms with Gasteiger partial charge in [0.1, 0.15) is 6.04 Å². The third kappa shape index (κ3) is 5.57. The molecule has 4 rings (SSSR count). The number of terminal acetylenes is 1. The topological polar surface area (TPSA) is 106 Å². The predicted molar refractivity (Wildman–Crippen MR) is 132 cm³/mol. The van der Waals surface area contributed by atoms with Crippen molar-refractivity contribution in [1.82, 2.24) is 14.5 Å². The van der Waals surface area contributed by atoms with Crippen molar-refractivity contribution in [2.75, 3.05) is 23.8 Å². The number of carbonyl (C=O) groups excluding carboxylic acids is 2. The molecule has 0 saturated carbocycles. The Morgan fingerprint density at radius 3 is 2.46 bits per heavy atom. The van der Waals surface area contributed by atoms with Crippen LogP contribution in [0.2, 0.25) is 0 Å². The maximum Gasteiger partial charge on any atom is 0.322 e. The number of hydrogen-bond acceptors (Lipinski definition) is 5. The van der Waals surface area contributed by atoms with E-state index in [1.165, 1.54) is 21.9 Å². The van der Waals surface area contributed by atoms with Crippen LogP contribution in [0.4, 0.5) is 16.2 Å². The third-order valence-electron chi connectivity index (χ3n) is 5.67. The van der Waals surface area contributed by atoms with Crippen molar-refractivity contribution < 1.29 is 14.3 Å². The summed E-state index contributed by atoms with van der Waals surface area (Å²) in [5, 5.41) is 5.69. The van der Waals surface area contributed by atoms with Crippen LogP contribution < -0.4 is 16.2 Å². The maximum atomic E-state index is 13.2. The molecule has 1 saturated heterocycles. The molecular formula is C26H25N5O4. The van der Waals surface area contributed by atoms with E-state index in [1.54, 1.807) is 54.7 Å². The first-order chi connectivity index (χ1) is 17.0. The number of aromatic nitrogens is 2. The van der Waals surface area contributed by atoms with E-state index in [2.05, 4.69) is 21.5 Å². The third-order valence-corrected chi connectivity index (χ3v) is 5.67. The van der Waals surface area contributed by atoms with Gasteiger partial charge in [-0.1, -0.05) is 5.92 Å². The van der Waals surface area contributed by atoms with E-state index in [9.17, 15) is 14.4 Å². The zero-order chi connectivity index (χ0) is 24.8. The first-order valence-electron chi connectivity index (χ1n) is 11.2. The summed E-state index contributed by atoms with van der Waals surface area (Å²) < 4.78 is 7.16. The minimum atomic E-state index is -0.709. The molecule has 2 aromatic carbocycles. The molecule has 0 aliphatic carbocycles. The summed E-state index contributed by atoms with van der Waals surface area (Å²) in [7, 11) is 0. The molecule has 3 amide bonds. The van der Waals surface area contributed by atoms with Crippen molar-refractivity contribution >= 4 is 23.3 Å². The Morgan fingerprint density at radius 2 is 1.80 bits per heavy atom. The van der Waals surface area contributed by atoms with Crippen LogP contribution in [0.25, 0.3) is 5.69 Å². The van der Waals surface area contributed by atoms with Crippen LogP contribution in [0, 0.1) is 12.3 Å². The van der Waals surface area contributed by atoms with Crippen molar-refractivity contribution in [1.29, 1.82) is 0 Å². The van der Waals surface area contributed by atoms with Crippen LogP contribution in [0.1, 0.15) is 18.9 Å². The first kappa shape index (κ1) is 23.7. The number of nitrogens with zero attached hydrogens (tertiary/aromatic N) is 3. The van der Waals surface area contributed by atoms with E-state index < -0.39 is 12.1 Å². The van der Waals surface area contributed by atoms with Crippen molar-refractivity contribution in [3.05, 3.63) is 83.0 Å². The van der Waals surface area contributed by atoms with Gasteiger partial charge in [-0.15, -0.1) is 6.42 Å². The molecule has 9 heteroatoms. The van der Waals surface area contributed by atoms with Crippen molar-refractivity contribution in [3.63, 3.8) is 0 Å². The van der Waals surface area contributed by atoms with Gasteiger partial charge in [-0.25, -0.2) is 4.79 Å². The van der Waals surface area contributed by atoms with Crippen molar-refractivity contribution in [2.45, 2.75) is 25.5 Å². The highest BCUT2D eigenvalue weighted by atomic mass is 16.5. The fourth-order valence-electron chi connectivity index (χ4n) is 3.96. The summed E-state index contributed by atoms with van der Waals surface area (Å²) in [6.45, 7) is 2.66. The number of hydrogen-bond donors (Lipinski definition) is 2. The highest BCUT2D eigenvalue weighted by Gasteiger charge is 2.40. The lowest BCUT2D eigenvalue weighted by molar-refractivity contribution is -0.119. The lowest BCUT2D eigenvalue weighted by Gasteiger charge is -2.24. The summed E-state index contributed by atoms with van der Waals surface area (Å²) in [6.07, 6.45) is 9.84. The molecular weight excluding hydrogens is 446 g/mol. The zero-order valence-corrected chi connectivity index (χ0v) is 19.2. The molecule has 0 spiro atoms. The number of ether oxygens (including phenoxy) is 1. The van der Waals surface area contributed by atoms with Gasteiger partial charge in [-0.3, -0.25) is 19.1 Å². The highest BCUT2D eigenvalue weighted by molar-refractivity contribution is 5.99. The fraction of sp³-hybridized carbons (Fsp3) is 0.231. The first-order valence-corrected chi connectivity index (χ1v) is 11.2. The number of carbonyl (C=O) groups is 2. The van der Waals surface area contributed by atoms with E-state index in [0.717, 1.165) is 0 Å². The second kappa shape index (κ2) is 10.7. The van der Waals surface area contributed by atoms with Gasteiger partial charge in [0.05, 0.1) is 12.3 Å². The van der Waals surface area contributed by atoms with Crippen LogP contribution in [0.3, 0.4) is 0 Å². The zero-order valence-electron chi connectivity index (χ0n) is 19.2. The summed E-state index contributed by atoms with van der Waals surface area (Å²) in [5.74, 6) is 2.21. The molecule has 2 heterocycles. The molecule has 0 radical (unpaired) electrons. The Hall–Kier alpha value is -4.42. The standard InChI is InChI=1S/C26H25N5O4/c1-3-18-5-7-20(8-6-18)29-26(34)31-17-22(35-4-2)15-23(31)25(33)28-19-9-11-21(12-10-19)30-14-13-27-16-24(30)32/h1,5-14,16,22-23H,4,15,17H2,2H3,(H,28,33)(H,29,34). The van der Waals surface area contributed by atoms with E-state index in [0.29, 0.717) is 42.2 Å². The molecule has 178 valence electrons. The molecule has 35 heavy (non-hydrogen) atoms. The predicted octanol–water partition coefficient (Wildman–Crippen LogP) is 2.86. The highest BCUT2D eigenvalue weighted by Crippen LogP contribution is 2.24. The summed E-state index contributed by atoms with van der Waals surface area (Å²) in [4.78, 5) is 43.4. The van der Waals surface area contributed by atoms with Gasteiger partial charge in [0.2, 0.25) is 5.91 Å². The molecule has 2 unspecified atom stereocenters. The van der Waals surface area contributed by atoms with Crippen LogP contribution >= 0.6 is 0 Å². The Labute approximate surface area is 202 Å². The van der Waals surface area contributed by atoms with Gasteiger partial charge >= 0.3 is 6.03 Å². The van der Waals surface area contributed by atoms with E-state index in [1.807, 2.05) is 6.92 Å². The number of likely N-dealkylation sites (tertiary alicyclic amines) is 1. The Balaban J connectivity index is 1.46. The number of urea groups is 1. The number of amides is 3. The van der Waals surface area contributed by atoms with Crippen LogP contribution in [-0.2, 0) is 9.53 Å². The van der Waals surface area contributed by atoms with E-state index in [4.69, 9.17) is 11.2 Å². The van der Waals surface area contributed by atoms with Crippen LogP contribution in [0.15, 0.2) is 71.9 Å². The largest absolute Gasteiger partial charge is 0.377 e. The lowest BCUT2D eigenvalue weighted by Crippen LogP contribution is -2.45. The minimum Gasteiger partial charge on any atom is -0.377 e. The van der Waals surface area contributed by atoms with Gasteiger partial charge in [0, 0.05) is 54.6 Å². The minimum absolute atomic E-state index is 0.244. The van der Waals surface area contributed by atoms with Gasteiger partial charge in [-0.2, -0.15) is 0 Å². The molecule has 1 fully saturated rings. The summed E-state index contributed by atoms with van der Waals surface area (Å²) in [5.41, 5.74) is 2.22. The number of rotatable bonds is 6.